The molecule has 0 fully saturated rings. The van der Waals surface area contributed by atoms with Crippen LogP contribution >= 0.6 is 0 Å². The Balaban J connectivity index is 2.61. The van der Waals surface area contributed by atoms with Gasteiger partial charge in [0, 0.05) is 5.56 Å². The maximum absolute atomic E-state index is 12.8. The van der Waals surface area contributed by atoms with Crippen molar-refractivity contribution in [1.29, 1.82) is 0 Å². The fourth-order valence-corrected chi connectivity index (χ4v) is 2.05. The SMILES string of the molecule is CC(C)Oc1cc(C(O)C(F)(F)F)c2ccccc2c1. The van der Waals surface area contributed by atoms with E-state index in [1.54, 1.807) is 44.2 Å². The lowest BCUT2D eigenvalue weighted by Gasteiger charge is -2.19. The lowest BCUT2D eigenvalue weighted by Crippen LogP contribution is -2.20. The fourth-order valence-electron chi connectivity index (χ4n) is 2.05. The minimum atomic E-state index is -4.71. The maximum Gasteiger partial charge on any atom is 0.418 e. The first-order valence-electron chi connectivity index (χ1n) is 6.23. The van der Waals surface area contributed by atoms with E-state index in [0.29, 0.717) is 16.5 Å². The first kappa shape index (κ1) is 14.7. The van der Waals surface area contributed by atoms with E-state index in [1.165, 1.54) is 6.07 Å². The number of ether oxygens (including phenoxy) is 1. The van der Waals surface area contributed by atoms with Crippen LogP contribution in [-0.4, -0.2) is 17.4 Å². The van der Waals surface area contributed by atoms with Crippen LogP contribution in [0.2, 0.25) is 0 Å². The molecule has 0 saturated heterocycles. The molecule has 0 aliphatic carbocycles. The minimum Gasteiger partial charge on any atom is -0.491 e. The van der Waals surface area contributed by atoms with Crippen LogP contribution in [0, 0.1) is 0 Å². The van der Waals surface area contributed by atoms with Crippen molar-refractivity contribution in [3.05, 3.63) is 42.0 Å². The minimum absolute atomic E-state index is 0.160. The molecule has 1 N–H and O–H groups in total. The Kier molecular flexibility index (Phi) is 3.90. The maximum atomic E-state index is 12.8. The number of rotatable bonds is 3. The molecule has 1 unspecified atom stereocenters. The summed E-state index contributed by atoms with van der Waals surface area (Å²) < 4.78 is 43.7. The van der Waals surface area contributed by atoms with Gasteiger partial charge in [-0.25, -0.2) is 0 Å². The topological polar surface area (TPSA) is 29.5 Å². The highest BCUT2D eigenvalue weighted by Crippen LogP contribution is 2.38. The molecule has 2 aromatic rings. The highest BCUT2D eigenvalue weighted by atomic mass is 19.4. The van der Waals surface area contributed by atoms with E-state index in [-0.39, 0.29) is 11.7 Å². The molecule has 0 aliphatic rings. The van der Waals surface area contributed by atoms with Crippen LogP contribution in [0.4, 0.5) is 13.2 Å². The highest BCUT2D eigenvalue weighted by molar-refractivity contribution is 5.87. The van der Waals surface area contributed by atoms with Crippen LogP contribution in [0.25, 0.3) is 10.8 Å². The zero-order valence-electron chi connectivity index (χ0n) is 11.1. The Labute approximate surface area is 114 Å². The van der Waals surface area contributed by atoms with Gasteiger partial charge in [0.1, 0.15) is 5.75 Å². The summed E-state index contributed by atoms with van der Waals surface area (Å²) in [4.78, 5) is 0. The van der Waals surface area contributed by atoms with E-state index in [2.05, 4.69) is 0 Å². The standard InChI is InChI=1S/C15H15F3O2/c1-9(2)20-11-7-10-5-3-4-6-12(10)13(8-11)14(19)15(16,17)18/h3-9,14,19H,1-2H3. The van der Waals surface area contributed by atoms with Gasteiger partial charge in [0.15, 0.2) is 6.10 Å². The van der Waals surface area contributed by atoms with E-state index in [9.17, 15) is 18.3 Å². The zero-order chi connectivity index (χ0) is 14.9. The summed E-state index contributed by atoms with van der Waals surface area (Å²) in [6.45, 7) is 3.57. The second-order valence-corrected chi connectivity index (χ2v) is 4.84. The van der Waals surface area contributed by atoms with Gasteiger partial charge >= 0.3 is 6.18 Å². The highest BCUT2D eigenvalue weighted by Gasteiger charge is 2.40. The van der Waals surface area contributed by atoms with Gasteiger partial charge in [-0.3, -0.25) is 0 Å². The van der Waals surface area contributed by atoms with Crippen LogP contribution < -0.4 is 4.74 Å². The number of aliphatic hydroxyl groups is 1. The van der Waals surface area contributed by atoms with Gasteiger partial charge in [-0.2, -0.15) is 13.2 Å². The van der Waals surface area contributed by atoms with Gasteiger partial charge in [-0.1, -0.05) is 24.3 Å². The average molecular weight is 284 g/mol. The lowest BCUT2D eigenvalue weighted by atomic mass is 9.99. The van der Waals surface area contributed by atoms with Crippen molar-refractivity contribution < 1.29 is 23.0 Å². The summed E-state index contributed by atoms with van der Waals surface area (Å²) in [5.41, 5.74) is -0.189. The number of hydrogen-bond acceptors (Lipinski definition) is 2. The summed E-state index contributed by atoms with van der Waals surface area (Å²) in [5, 5.41) is 10.5. The smallest absolute Gasteiger partial charge is 0.418 e. The molecular weight excluding hydrogens is 269 g/mol. The van der Waals surface area contributed by atoms with E-state index < -0.39 is 12.3 Å². The Morgan fingerprint density at radius 2 is 1.75 bits per heavy atom. The molecule has 0 aromatic heterocycles. The van der Waals surface area contributed by atoms with E-state index >= 15 is 0 Å². The Bertz CT molecular complexity index is 606. The third-order valence-electron chi connectivity index (χ3n) is 2.84. The molecule has 5 heteroatoms. The third kappa shape index (κ3) is 3.04. The van der Waals surface area contributed by atoms with Crippen molar-refractivity contribution in [2.45, 2.75) is 32.2 Å². The Morgan fingerprint density at radius 1 is 1.10 bits per heavy atom. The molecule has 20 heavy (non-hydrogen) atoms. The lowest BCUT2D eigenvalue weighted by molar-refractivity contribution is -0.206. The summed E-state index contributed by atoms with van der Waals surface area (Å²) in [7, 11) is 0. The molecule has 1 atom stereocenters. The molecule has 0 spiro atoms. The first-order chi connectivity index (χ1) is 9.29. The molecule has 0 heterocycles. The van der Waals surface area contributed by atoms with Gasteiger partial charge in [0.25, 0.3) is 0 Å². The van der Waals surface area contributed by atoms with Crippen molar-refractivity contribution in [3.8, 4) is 5.75 Å². The number of aliphatic hydroxyl groups excluding tert-OH is 1. The van der Waals surface area contributed by atoms with Crippen molar-refractivity contribution in [1.82, 2.24) is 0 Å². The normalized spacial score (nSPS) is 13.8. The van der Waals surface area contributed by atoms with Gasteiger partial charge < -0.3 is 9.84 Å². The number of fused-ring (bicyclic) bond motifs is 1. The zero-order valence-corrected chi connectivity index (χ0v) is 11.1. The van der Waals surface area contributed by atoms with Crippen molar-refractivity contribution in [2.75, 3.05) is 0 Å². The Morgan fingerprint density at radius 3 is 2.35 bits per heavy atom. The van der Waals surface area contributed by atoms with Crippen LogP contribution in [-0.2, 0) is 0 Å². The molecule has 2 aromatic carbocycles. The van der Waals surface area contributed by atoms with Crippen LogP contribution in [0.15, 0.2) is 36.4 Å². The molecule has 2 nitrogen and oxygen atoms in total. The largest absolute Gasteiger partial charge is 0.491 e. The molecule has 2 rings (SSSR count). The number of benzene rings is 2. The second kappa shape index (κ2) is 5.32. The van der Waals surface area contributed by atoms with E-state index in [1.807, 2.05) is 0 Å². The summed E-state index contributed by atoms with van der Waals surface area (Å²) in [6.07, 6.45) is -7.39. The van der Waals surface area contributed by atoms with E-state index in [4.69, 9.17) is 4.74 Å². The molecule has 0 amide bonds. The van der Waals surface area contributed by atoms with Gasteiger partial charge in [-0.15, -0.1) is 0 Å². The predicted octanol–water partition coefficient (Wildman–Crippen LogP) is 4.22. The fraction of sp³-hybridized carbons (Fsp3) is 0.333. The average Bonchev–Trinajstić information content (AvgIpc) is 2.35. The first-order valence-corrected chi connectivity index (χ1v) is 6.23. The van der Waals surface area contributed by atoms with E-state index in [0.717, 1.165) is 0 Å². The van der Waals surface area contributed by atoms with Gasteiger partial charge in [0.05, 0.1) is 6.10 Å². The number of halogens is 3. The van der Waals surface area contributed by atoms with Crippen LogP contribution in [0.3, 0.4) is 0 Å². The second-order valence-electron chi connectivity index (χ2n) is 4.84. The van der Waals surface area contributed by atoms with Gasteiger partial charge in [-0.05, 0) is 36.8 Å². The van der Waals surface area contributed by atoms with Crippen molar-refractivity contribution >= 4 is 10.8 Å². The molecule has 0 saturated carbocycles. The van der Waals surface area contributed by atoms with Crippen LogP contribution in [0.5, 0.6) is 5.75 Å². The molecule has 0 aliphatic heterocycles. The molecular formula is C15H15F3O2. The number of hydrogen-bond donors (Lipinski definition) is 1. The van der Waals surface area contributed by atoms with Gasteiger partial charge in [0.2, 0.25) is 0 Å². The number of alkyl halides is 3. The Hall–Kier alpha value is -1.75. The third-order valence-corrected chi connectivity index (χ3v) is 2.84. The molecule has 0 radical (unpaired) electrons. The van der Waals surface area contributed by atoms with Crippen molar-refractivity contribution in [3.63, 3.8) is 0 Å². The van der Waals surface area contributed by atoms with Crippen molar-refractivity contribution in [2.24, 2.45) is 0 Å². The monoisotopic (exact) mass is 284 g/mol. The summed E-state index contributed by atoms with van der Waals surface area (Å²) in [5.74, 6) is 0.317. The molecule has 0 bridgehead atoms. The summed E-state index contributed by atoms with van der Waals surface area (Å²) in [6, 6.07) is 9.53. The molecule has 108 valence electrons. The summed E-state index contributed by atoms with van der Waals surface area (Å²) >= 11 is 0. The predicted molar refractivity (Wildman–Crippen MR) is 70.7 cm³/mol. The van der Waals surface area contributed by atoms with Crippen LogP contribution in [0.1, 0.15) is 25.5 Å². The quantitative estimate of drug-likeness (QED) is 0.914.